The van der Waals surface area contributed by atoms with Crippen molar-refractivity contribution in [3.63, 3.8) is 0 Å². The van der Waals surface area contributed by atoms with Crippen LogP contribution in [0.4, 0.5) is 0 Å². The summed E-state index contributed by atoms with van der Waals surface area (Å²) in [5.74, 6) is 2.71. The third-order valence-corrected chi connectivity index (χ3v) is 13.0. The Balaban J connectivity index is 0.000000175. The Bertz CT molecular complexity index is 3810. The number of fused-ring (bicyclic) bond motifs is 10. The fraction of sp³-hybridized carbons (Fsp3) is 0.148. The normalized spacial score (nSPS) is 12.7. The van der Waals surface area contributed by atoms with Crippen molar-refractivity contribution in [2.24, 2.45) is 0 Å². The molecule has 331 valence electrons. The molecule has 0 unspecified atom stereocenters. The van der Waals surface area contributed by atoms with Gasteiger partial charge in [-0.05, 0) is 76.1 Å². The van der Waals surface area contributed by atoms with Crippen molar-refractivity contribution < 1.29 is 24.5 Å². The van der Waals surface area contributed by atoms with Gasteiger partial charge in [-0.15, -0.1) is 48.1 Å². The molecule has 67 heavy (non-hydrogen) atoms. The number of hydrogen-bond donors (Lipinski definition) is 0. The Morgan fingerprint density at radius 1 is 0.612 bits per heavy atom. The van der Waals surface area contributed by atoms with Crippen LogP contribution >= 0.6 is 0 Å². The zero-order valence-electron chi connectivity index (χ0n) is 38.6. The van der Waals surface area contributed by atoms with Crippen LogP contribution in [0.15, 0.2) is 174 Å². The van der Waals surface area contributed by atoms with Crippen molar-refractivity contribution in [3.8, 4) is 17.1 Å². The molecule has 0 saturated heterocycles. The number of para-hydroxylation sites is 3. The SMILES string of the molecule is Cc1ccc2c3ccccc3c3ccccc3c3ccccc3n3c(-c4[c-]ccc5c4oc4ccccc45)nc1c23.Cc1cn(-c2c(C(C)C)cccc2C(C)C)c(C2=CCC=CC=[C-]2)n1.[Ir]. The molecule has 0 saturated carbocycles. The minimum Gasteiger partial charge on any atom is -0.501 e. The molecule has 12 rings (SSSR count). The molecule has 0 amide bonds. The van der Waals surface area contributed by atoms with E-state index in [0.717, 1.165) is 89.7 Å². The largest absolute Gasteiger partial charge is 0.501 e. The van der Waals surface area contributed by atoms with E-state index in [1.807, 2.05) is 30.4 Å². The van der Waals surface area contributed by atoms with Gasteiger partial charge in [-0.25, -0.2) is 0 Å². The van der Waals surface area contributed by atoms with Crippen molar-refractivity contribution in [3.05, 3.63) is 210 Å². The molecule has 0 aliphatic heterocycles. The Morgan fingerprint density at radius 2 is 1.24 bits per heavy atom. The predicted molar refractivity (Wildman–Crippen MR) is 276 cm³/mol. The van der Waals surface area contributed by atoms with Crippen LogP contribution in [0.2, 0.25) is 0 Å². The van der Waals surface area contributed by atoms with Gasteiger partial charge >= 0.3 is 0 Å². The number of imidazole rings is 2. The second-order valence-electron chi connectivity index (χ2n) is 18.0. The molecular weight excluding hydrogens is 997 g/mol. The van der Waals surface area contributed by atoms with E-state index in [9.17, 15) is 0 Å². The molecule has 0 N–H and O–H groups in total. The van der Waals surface area contributed by atoms with Crippen LogP contribution in [0, 0.1) is 26.0 Å². The summed E-state index contributed by atoms with van der Waals surface area (Å²) in [5, 5.41) is 9.29. The van der Waals surface area contributed by atoms with E-state index in [-0.39, 0.29) is 20.1 Å². The first-order valence-corrected chi connectivity index (χ1v) is 23.0. The fourth-order valence-electron chi connectivity index (χ4n) is 9.92. The maximum Gasteiger partial charge on any atom is 0.120 e. The van der Waals surface area contributed by atoms with Crippen molar-refractivity contribution in [1.29, 1.82) is 0 Å². The smallest absolute Gasteiger partial charge is 0.120 e. The van der Waals surface area contributed by atoms with E-state index in [1.54, 1.807) is 0 Å². The number of aromatic nitrogens is 4. The second-order valence-corrected chi connectivity index (χ2v) is 18.0. The summed E-state index contributed by atoms with van der Waals surface area (Å²) in [6, 6.07) is 53.0. The summed E-state index contributed by atoms with van der Waals surface area (Å²) in [7, 11) is 0. The van der Waals surface area contributed by atoms with Crippen LogP contribution < -0.4 is 0 Å². The Morgan fingerprint density at radius 3 is 1.94 bits per heavy atom. The molecule has 0 fully saturated rings. The molecule has 4 heterocycles. The first-order chi connectivity index (χ1) is 32.3. The van der Waals surface area contributed by atoms with E-state index < -0.39 is 0 Å². The number of benzene rings is 7. The molecule has 1 aliphatic rings. The van der Waals surface area contributed by atoms with E-state index in [4.69, 9.17) is 14.4 Å². The second kappa shape index (κ2) is 17.9. The van der Waals surface area contributed by atoms with Gasteiger partial charge < -0.3 is 13.4 Å². The topological polar surface area (TPSA) is 48.3 Å². The van der Waals surface area contributed by atoms with Gasteiger partial charge in [-0.2, -0.15) is 6.08 Å². The number of furan rings is 1. The van der Waals surface area contributed by atoms with E-state index in [1.165, 1.54) is 38.4 Å². The van der Waals surface area contributed by atoms with Gasteiger partial charge in [0.2, 0.25) is 0 Å². The Labute approximate surface area is 404 Å². The van der Waals surface area contributed by atoms with Crippen LogP contribution in [-0.2, 0) is 20.1 Å². The number of hydrogen-bond acceptors (Lipinski definition) is 3. The molecule has 5 nitrogen and oxygen atoms in total. The molecule has 6 heteroatoms. The minimum atomic E-state index is 0. The van der Waals surface area contributed by atoms with Gasteiger partial charge in [0.1, 0.15) is 5.58 Å². The molecule has 0 spiro atoms. The molecule has 0 bridgehead atoms. The number of aryl methyl sites for hydroxylation is 2. The van der Waals surface area contributed by atoms with Gasteiger partial charge in [0.25, 0.3) is 0 Å². The number of rotatable bonds is 5. The van der Waals surface area contributed by atoms with E-state index in [2.05, 4.69) is 202 Å². The Hall–Kier alpha value is -7.11. The summed E-state index contributed by atoms with van der Waals surface area (Å²) in [5.41, 5.74) is 12.9. The molecule has 1 aliphatic carbocycles. The van der Waals surface area contributed by atoms with Gasteiger partial charge in [-0.3, -0.25) is 9.97 Å². The van der Waals surface area contributed by atoms with Crippen molar-refractivity contribution in [1.82, 2.24) is 18.9 Å². The predicted octanol–water partition coefficient (Wildman–Crippen LogP) is 16.3. The van der Waals surface area contributed by atoms with Crippen molar-refractivity contribution >= 4 is 76.4 Å². The average Bonchev–Trinajstić information content (AvgIpc) is 3.98. The molecular formula is C61H50IrN4O-2. The molecule has 4 aromatic heterocycles. The molecule has 11 aromatic rings. The zero-order valence-corrected chi connectivity index (χ0v) is 41.0. The van der Waals surface area contributed by atoms with Crippen LogP contribution in [0.5, 0.6) is 0 Å². The summed E-state index contributed by atoms with van der Waals surface area (Å²) in [6.45, 7) is 13.2. The minimum absolute atomic E-state index is 0. The Kier molecular flexibility index (Phi) is 11.7. The van der Waals surface area contributed by atoms with Crippen molar-refractivity contribution in [2.45, 2.75) is 59.8 Å². The van der Waals surface area contributed by atoms with E-state index in [0.29, 0.717) is 11.8 Å². The van der Waals surface area contributed by atoms with Gasteiger partial charge in [0.15, 0.2) is 0 Å². The summed E-state index contributed by atoms with van der Waals surface area (Å²) in [6.07, 6.45) is 14.8. The van der Waals surface area contributed by atoms with E-state index >= 15 is 0 Å². The first kappa shape index (κ1) is 43.8. The maximum absolute atomic E-state index is 6.51. The summed E-state index contributed by atoms with van der Waals surface area (Å²) < 4.78 is 11.1. The summed E-state index contributed by atoms with van der Waals surface area (Å²) >= 11 is 0. The fourth-order valence-corrected chi connectivity index (χ4v) is 9.92. The van der Waals surface area contributed by atoms with Gasteiger partial charge in [-0.1, -0.05) is 160 Å². The third-order valence-electron chi connectivity index (χ3n) is 13.0. The summed E-state index contributed by atoms with van der Waals surface area (Å²) in [4.78, 5) is 10.2. The van der Waals surface area contributed by atoms with Gasteiger partial charge in [0, 0.05) is 59.4 Å². The average molecular weight is 1050 g/mol. The molecule has 0 atom stereocenters. The van der Waals surface area contributed by atoms with Crippen molar-refractivity contribution in [2.75, 3.05) is 0 Å². The monoisotopic (exact) mass is 1050 g/mol. The first-order valence-electron chi connectivity index (χ1n) is 23.0. The molecule has 7 aromatic carbocycles. The maximum atomic E-state index is 6.51. The van der Waals surface area contributed by atoms with Gasteiger partial charge in [0.05, 0.1) is 28.3 Å². The standard InChI is InChI=1S/C38H23N2O.C23H27N2.Ir/c1-23-21-22-30-27-14-5-3-12-25(27)24-11-2-4-13-26(24)28-15-6-8-19-33(28)40-36(30)35(23)39-38(40)32-18-10-17-31-29-16-7-9-20-34(29)41-37(31)32;1-16(2)20-13-10-14-21(17(3)4)22(20)25-15-18(5)24-23(25)19-11-8-6-7-9-12-19;/h2-17,19-22H,1H3;6-8,10,12-17H,9H2,1-5H3;/q2*-1;. The molecule has 1 radical (unpaired) electrons. The number of nitrogens with zero attached hydrogens (tertiary/aromatic N) is 4. The van der Waals surface area contributed by atoms with Crippen LogP contribution in [0.1, 0.15) is 74.2 Å². The van der Waals surface area contributed by atoms with Crippen LogP contribution in [0.25, 0.3) is 93.5 Å². The van der Waals surface area contributed by atoms with Crippen LogP contribution in [0.3, 0.4) is 0 Å². The number of allylic oxidation sites excluding steroid dienone is 6. The zero-order chi connectivity index (χ0) is 45.1. The van der Waals surface area contributed by atoms with Crippen LogP contribution in [-0.4, -0.2) is 18.9 Å². The quantitative estimate of drug-likeness (QED) is 0.161. The third kappa shape index (κ3) is 7.55.